The molecule has 4 rings (SSSR count). The van der Waals surface area contributed by atoms with Crippen LogP contribution < -0.4 is 25.3 Å². The minimum absolute atomic E-state index is 0.208. The third-order valence-electron chi connectivity index (χ3n) is 7.71. The Morgan fingerprint density at radius 2 is 1.04 bits per heavy atom. The molecule has 0 saturated heterocycles. The van der Waals surface area contributed by atoms with Gasteiger partial charge < -0.3 is 30.2 Å². The van der Waals surface area contributed by atoms with Crippen molar-refractivity contribution in [3.63, 3.8) is 0 Å². The van der Waals surface area contributed by atoms with Crippen molar-refractivity contribution in [3.05, 3.63) is 125 Å². The Balaban J connectivity index is 0.000000302. The lowest BCUT2D eigenvalue weighted by molar-refractivity contribution is -0.144. The lowest BCUT2D eigenvalue weighted by Gasteiger charge is -2.30. The topological polar surface area (TPSA) is 195 Å². The van der Waals surface area contributed by atoms with Crippen LogP contribution in [0, 0.1) is 0 Å². The van der Waals surface area contributed by atoms with Crippen molar-refractivity contribution in [1.29, 1.82) is 0 Å². The molecule has 13 nitrogen and oxygen atoms in total. The lowest BCUT2D eigenvalue weighted by Crippen LogP contribution is -2.41. The molecule has 0 aliphatic heterocycles. The van der Waals surface area contributed by atoms with Crippen LogP contribution in [-0.4, -0.2) is 57.5 Å². The third-order valence-corrected chi connectivity index (χ3v) is 7.71. The number of esters is 3. The van der Waals surface area contributed by atoms with Gasteiger partial charge in [0.25, 0.3) is 0 Å². The summed E-state index contributed by atoms with van der Waals surface area (Å²) in [5.74, 6) is -2.11. The second kappa shape index (κ2) is 21.5. The highest BCUT2D eigenvalue weighted by atomic mass is 16.5. The van der Waals surface area contributed by atoms with Gasteiger partial charge in [-0.15, -0.1) is 0 Å². The molecular formula is C40H45N3O10. The number of carbonyl (C=O) groups excluding carboxylic acids is 3. The van der Waals surface area contributed by atoms with Crippen LogP contribution in [0.25, 0.3) is 0 Å². The zero-order chi connectivity index (χ0) is 38.8. The average Bonchev–Trinajstić information content (AvgIpc) is 3.10. The van der Waals surface area contributed by atoms with Gasteiger partial charge in [0.05, 0.1) is 0 Å². The molecule has 0 aliphatic carbocycles. The van der Waals surface area contributed by atoms with Crippen molar-refractivity contribution < 1.29 is 48.4 Å². The number of carboxylic acid groups (broad SMARTS) is 2. The van der Waals surface area contributed by atoms with Gasteiger partial charge in [-0.05, 0) is 43.1 Å². The molecule has 280 valence electrons. The molecule has 0 heterocycles. The lowest BCUT2D eigenvalue weighted by atomic mass is 10.1. The first kappa shape index (κ1) is 41.5. The Labute approximate surface area is 308 Å². The molecule has 0 saturated carbocycles. The van der Waals surface area contributed by atoms with Crippen LogP contribution in [0.2, 0.25) is 0 Å². The molecule has 2 atom stereocenters. The minimum Gasteiger partial charge on any atom is -0.480 e. The number of nitrogens with zero attached hydrogens (tertiary/aromatic N) is 1. The van der Waals surface area contributed by atoms with E-state index in [-0.39, 0.29) is 19.6 Å². The van der Waals surface area contributed by atoms with Crippen LogP contribution in [0.4, 0.5) is 0 Å². The van der Waals surface area contributed by atoms with E-state index >= 15 is 0 Å². The SMILES string of the molecule is CC(=O)Oc1ccccc1CN(Cc1ccccc1OC(C)=O)[C@@H](CCCN)C(=O)O.CC(=O)Oc1ccccc1CNC(C(=O)O)c1ccccc1. The highest BCUT2D eigenvalue weighted by Crippen LogP contribution is 2.27. The van der Waals surface area contributed by atoms with Crippen molar-refractivity contribution in [3.8, 4) is 17.2 Å². The zero-order valence-corrected chi connectivity index (χ0v) is 29.9. The van der Waals surface area contributed by atoms with Crippen molar-refractivity contribution >= 4 is 29.8 Å². The van der Waals surface area contributed by atoms with Crippen molar-refractivity contribution in [2.24, 2.45) is 5.73 Å². The first-order valence-electron chi connectivity index (χ1n) is 16.9. The normalized spacial score (nSPS) is 11.7. The smallest absolute Gasteiger partial charge is 0.325 e. The summed E-state index contributed by atoms with van der Waals surface area (Å²) in [6.45, 7) is 5.00. The number of benzene rings is 4. The zero-order valence-electron chi connectivity index (χ0n) is 29.9. The second-order valence-corrected chi connectivity index (χ2v) is 11.9. The Hall–Kier alpha value is -5.89. The number of para-hydroxylation sites is 3. The molecule has 4 aromatic carbocycles. The van der Waals surface area contributed by atoms with Crippen LogP contribution >= 0.6 is 0 Å². The van der Waals surface area contributed by atoms with Gasteiger partial charge in [0.2, 0.25) is 0 Å². The van der Waals surface area contributed by atoms with E-state index in [9.17, 15) is 34.2 Å². The molecular weight excluding hydrogens is 682 g/mol. The van der Waals surface area contributed by atoms with E-state index < -0.39 is 41.9 Å². The van der Waals surface area contributed by atoms with E-state index in [4.69, 9.17) is 19.9 Å². The number of carbonyl (C=O) groups is 5. The maximum absolute atomic E-state index is 12.1. The van der Waals surface area contributed by atoms with Crippen LogP contribution in [0.3, 0.4) is 0 Å². The molecule has 0 amide bonds. The molecule has 5 N–H and O–H groups in total. The van der Waals surface area contributed by atoms with Gasteiger partial charge in [-0.1, -0.05) is 84.9 Å². The summed E-state index contributed by atoms with van der Waals surface area (Å²) in [6, 6.07) is 28.3. The van der Waals surface area contributed by atoms with Gasteiger partial charge in [-0.25, -0.2) is 0 Å². The average molecular weight is 728 g/mol. The number of hydrogen-bond acceptors (Lipinski definition) is 11. The first-order chi connectivity index (χ1) is 25.4. The fourth-order valence-corrected chi connectivity index (χ4v) is 5.37. The molecule has 0 fully saturated rings. The number of nitrogens with one attached hydrogen (secondary N) is 1. The predicted octanol–water partition coefficient (Wildman–Crippen LogP) is 5.26. The summed E-state index contributed by atoms with van der Waals surface area (Å²) in [7, 11) is 0. The van der Waals surface area contributed by atoms with Crippen molar-refractivity contribution in [2.75, 3.05) is 6.54 Å². The summed E-state index contributed by atoms with van der Waals surface area (Å²) in [5, 5.41) is 22.2. The molecule has 53 heavy (non-hydrogen) atoms. The molecule has 0 spiro atoms. The molecule has 4 aromatic rings. The maximum atomic E-state index is 12.1. The van der Waals surface area contributed by atoms with Crippen molar-refractivity contribution in [2.45, 2.75) is 65.3 Å². The number of ether oxygens (including phenoxy) is 3. The van der Waals surface area contributed by atoms with E-state index in [0.717, 1.165) is 5.56 Å². The largest absolute Gasteiger partial charge is 0.480 e. The second-order valence-electron chi connectivity index (χ2n) is 11.9. The quantitative estimate of drug-likeness (QED) is 0.0814. The van der Waals surface area contributed by atoms with E-state index in [1.807, 2.05) is 12.1 Å². The van der Waals surface area contributed by atoms with Crippen LogP contribution in [-0.2, 0) is 43.6 Å². The molecule has 0 radical (unpaired) electrons. The summed E-state index contributed by atoms with van der Waals surface area (Å²) < 4.78 is 15.7. The Bertz CT molecular complexity index is 1770. The van der Waals surface area contributed by atoms with Crippen molar-refractivity contribution in [1.82, 2.24) is 10.2 Å². The fraction of sp³-hybridized carbons (Fsp3) is 0.275. The number of rotatable bonds is 17. The van der Waals surface area contributed by atoms with E-state index in [0.29, 0.717) is 53.3 Å². The van der Waals surface area contributed by atoms with Gasteiger partial charge in [0.1, 0.15) is 29.3 Å². The summed E-state index contributed by atoms with van der Waals surface area (Å²) in [5.41, 5.74) is 8.34. The summed E-state index contributed by atoms with van der Waals surface area (Å²) in [6.07, 6.45) is 0.877. The standard InChI is InChI=1S/C23H28N2O6.C17H17NO4/c1-16(26)30-21-11-5-3-8-18(21)14-25(20(23(28)29)10-7-13-24)15-19-9-4-6-12-22(19)31-17(2)27;1-12(19)22-15-10-6-5-9-14(15)11-18-16(17(20)21)13-7-3-2-4-8-13/h3-6,8-9,11-12,20H,7,10,13-15,24H2,1-2H3,(H,28,29);2-10,16,18H,11H2,1H3,(H,20,21)/t20-;/m0./s1. The first-order valence-corrected chi connectivity index (χ1v) is 16.9. The van der Waals surface area contributed by atoms with E-state index in [1.165, 1.54) is 20.8 Å². The maximum Gasteiger partial charge on any atom is 0.325 e. The minimum atomic E-state index is -0.983. The highest BCUT2D eigenvalue weighted by Gasteiger charge is 2.27. The van der Waals surface area contributed by atoms with Gasteiger partial charge in [-0.3, -0.25) is 34.2 Å². The molecule has 0 bridgehead atoms. The number of hydrogen-bond donors (Lipinski definition) is 4. The summed E-state index contributed by atoms with van der Waals surface area (Å²) in [4.78, 5) is 59.3. The number of nitrogens with two attached hydrogens (primary N) is 1. The van der Waals surface area contributed by atoms with Crippen LogP contribution in [0.5, 0.6) is 17.2 Å². The monoisotopic (exact) mass is 727 g/mol. The highest BCUT2D eigenvalue weighted by molar-refractivity contribution is 5.76. The molecule has 0 aliphatic rings. The molecule has 13 heteroatoms. The van der Waals surface area contributed by atoms with Crippen LogP contribution in [0.15, 0.2) is 103 Å². The Morgan fingerprint density at radius 1 is 0.623 bits per heavy atom. The van der Waals surface area contributed by atoms with Gasteiger partial charge >= 0.3 is 29.8 Å². The van der Waals surface area contributed by atoms with Gasteiger partial charge in [0.15, 0.2) is 0 Å². The number of aliphatic carboxylic acids is 2. The predicted molar refractivity (Wildman–Crippen MR) is 196 cm³/mol. The van der Waals surface area contributed by atoms with Gasteiger partial charge in [0, 0.05) is 57.1 Å². The van der Waals surface area contributed by atoms with E-state index in [2.05, 4.69) is 5.32 Å². The molecule has 0 aromatic heterocycles. The van der Waals surface area contributed by atoms with Gasteiger partial charge in [-0.2, -0.15) is 0 Å². The summed E-state index contributed by atoms with van der Waals surface area (Å²) >= 11 is 0. The fourth-order valence-electron chi connectivity index (χ4n) is 5.37. The third kappa shape index (κ3) is 14.0. The van der Waals surface area contributed by atoms with Crippen LogP contribution in [0.1, 0.15) is 61.9 Å². The molecule has 1 unspecified atom stereocenters. The Kier molecular flexibility index (Phi) is 16.8. The van der Waals surface area contributed by atoms with E-state index in [1.54, 1.807) is 95.9 Å². The Morgan fingerprint density at radius 3 is 1.45 bits per heavy atom. The number of carboxylic acids is 2.